The van der Waals surface area contributed by atoms with Crippen molar-refractivity contribution in [2.24, 2.45) is 0 Å². The number of carbonyl (C=O) groups excluding carboxylic acids is 1. The van der Waals surface area contributed by atoms with E-state index >= 15 is 0 Å². The minimum absolute atomic E-state index is 0.140. The lowest BCUT2D eigenvalue weighted by Gasteiger charge is -2.17. The highest BCUT2D eigenvalue weighted by Crippen LogP contribution is 2.39. The fourth-order valence-corrected chi connectivity index (χ4v) is 2.22. The highest BCUT2D eigenvalue weighted by atomic mass is 16.5. The summed E-state index contributed by atoms with van der Waals surface area (Å²) in [6, 6.07) is 3.41. The minimum atomic E-state index is -0.140. The van der Waals surface area contributed by atoms with E-state index in [2.05, 4.69) is 10.2 Å². The topological polar surface area (TPSA) is 60.0 Å². The van der Waals surface area contributed by atoms with E-state index < -0.39 is 0 Å². The van der Waals surface area contributed by atoms with Crippen molar-refractivity contribution in [3.8, 4) is 17.2 Å². The molecule has 0 bridgehead atoms. The zero-order chi connectivity index (χ0) is 17.9. The van der Waals surface area contributed by atoms with Gasteiger partial charge in [0.25, 0.3) is 5.91 Å². The van der Waals surface area contributed by atoms with Crippen LogP contribution in [0.1, 0.15) is 37.6 Å². The van der Waals surface area contributed by atoms with Crippen molar-refractivity contribution in [1.29, 1.82) is 0 Å². The highest BCUT2D eigenvalue weighted by molar-refractivity contribution is 5.95. The van der Waals surface area contributed by atoms with Gasteiger partial charge in [0.1, 0.15) is 0 Å². The monoisotopic (exact) mass is 338 g/mol. The van der Waals surface area contributed by atoms with Crippen LogP contribution in [0.5, 0.6) is 17.2 Å². The lowest BCUT2D eigenvalue weighted by molar-refractivity contribution is 0.0951. The fourth-order valence-electron chi connectivity index (χ4n) is 2.22. The number of amides is 1. The molecule has 0 fully saturated rings. The van der Waals surface area contributed by atoms with Crippen molar-refractivity contribution in [2.75, 3.05) is 47.0 Å². The Morgan fingerprint density at radius 2 is 1.54 bits per heavy atom. The van der Waals surface area contributed by atoms with Gasteiger partial charge in [-0.3, -0.25) is 4.79 Å². The van der Waals surface area contributed by atoms with Gasteiger partial charge in [-0.05, 0) is 60.0 Å². The number of ether oxygens (including phenoxy) is 3. The molecule has 0 unspecified atom stereocenters. The lowest BCUT2D eigenvalue weighted by Crippen LogP contribution is -2.27. The van der Waals surface area contributed by atoms with E-state index in [1.165, 1.54) is 0 Å². The summed E-state index contributed by atoms with van der Waals surface area (Å²) < 4.78 is 16.9. The van der Waals surface area contributed by atoms with Crippen molar-refractivity contribution in [3.05, 3.63) is 17.7 Å². The molecule has 0 aliphatic carbocycles. The van der Waals surface area contributed by atoms with E-state index in [0.29, 0.717) is 49.2 Å². The SMILES string of the molecule is CCOc1cc(C(=O)NCCCN(C)C)cc(OCC)c1OCC. The van der Waals surface area contributed by atoms with E-state index in [1.54, 1.807) is 12.1 Å². The summed E-state index contributed by atoms with van der Waals surface area (Å²) >= 11 is 0. The van der Waals surface area contributed by atoms with Gasteiger partial charge in [0.15, 0.2) is 11.5 Å². The number of carbonyl (C=O) groups is 1. The smallest absolute Gasteiger partial charge is 0.251 e. The van der Waals surface area contributed by atoms with Crippen LogP contribution >= 0.6 is 0 Å². The molecule has 1 aromatic rings. The number of rotatable bonds is 11. The van der Waals surface area contributed by atoms with Gasteiger partial charge in [-0.15, -0.1) is 0 Å². The van der Waals surface area contributed by atoms with E-state index in [1.807, 2.05) is 34.9 Å². The molecular formula is C18H30N2O4. The molecule has 0 aliphatic heterocycles. The molecule has 1 amide bonds. The Bertz CT molecular complexity index is 491. The molecule has 0 heterocycles. The maximum atomic E-state index is 12.4. The first-order chi connectivity index (χ1) is 11.5. The molecule has 0 saturated carbocycles. The molecule has 0 aromatic heterocycles. The Kier molecular flexibility index (Phi) is 9.01. The van der Waals surface area contributed by atoms with Crippen LogP contribution in [0.3, 0.4) is 0 Å². The number of hydrogen-bond acceptors (Lipinski definition) is 5. The summed E-state index contributed by atoms with van der Waals surface area (Å²) in [5, 5.41) is 2.93. The standard InChI is InChI=1S/C18H30N2O4/c1-6-22-15-12-14(18(21)19-10-9-11-20(4)5)13-16(23-7-2)17(15)24-8-3/h12-13H,6-11H2,1-5H3,(H,19,21). The number of hydrogen-bond donors (Lipinski definition) is 1. The maximum Gasteiger partial charge on any atom is 0.251 e. The van der Waals surface area contributed by atoms with Crippen LogP contribution in [-0.2, 0) is 0 Å². The predicted molar refractivity (Wildman–Crippen MR) is 95.5 cm³/mol. The van der Waals surface area contributed by atoms with Crippen LogP contribution in [-0.4, -0.2) is 57.8 Å². The van der Waals surface area contributed by atoms with Crippen molar-refractivity contribution in [2.45, 2.75) is 27.2 Å². The van der Waals surface area contributed by atoms with Gasteiger partial charge >= 0.3 is 0 Å². The predicted octanol–water partition coefficient (Wildman–Crippen LogP) is 2.56. The van der Waals surface area contributed by atoms with Crippen molar-refractivity contribution in [3.63, 3.8) is 0 Å². The van der Waals surface area contributed by atoms with Gasteiger partial charge in [0.05, 0.1) is 19.8 Å². The Hall–Kier alpha value is -1.95. The Morgan fingerprint density at radius 1 is 1.00 bits per heavy atom. The zero-order valence-electron chi connectivity index (χ0n) is 15.5. The molecule has 0 spiro atoms. The third-order valence-electron chi connectivity index (χ3n) is 3.24. The van der Waals surface area contributed by atoms with E-state index in [4.69, 9.17) is 14.2 Å². The maximum absolute atomic E-state index is 12.4. The van der Waals surface area contributed by atoms with Crippen molar-refractivity contribution >= 4 is 5.91 Å². The summed E-state index contributed by atoms with van der Waals surface area (Å²) in [5.41, 5.74) is 0.509. The number of benzene rings is 1. The Morgan fingerprint density at radius 3 is 2.00 bits per heavy atom. The summed E-state index contributed by atoms with van der Waals surface area (Å²) in [7, 11) is 4.02. The van der Waals surface area contributed by atoms with Crippen LogP contribution in [0.25, 0.3) is 0 Å². The molecule has 136 valence electrons. The van der Waals surface area contributed by atoms with Gasteiger partial charge in [-0.25, -0.2) is 0 Å². The molecule has 6 heteroatoms. The molecule has 6 nitrogen and oxygen atoms in total. The van der Waals surface area contributed by atoms with E-state index in [-0.39, 0.29) is 5.91 Å². The second kappa shape index (κ2) is 10.8. The van der Waals surface area contributed by atoms with Crippen LogP contribution in [0, 0.1) is 0 Å². The normalized spacial score (nSPS) is 10.6. The van der Waals surface area contributed by atoms with Crippen molar-refractivity contribution in [1.82, 2.24) is 10.2 Å². The third kappa shape index (κ3) is 6.28. The van der Waals surface area contributed by atoms with Crippen LogP contribution in [0.15, 0.2) is 12.1 Å². The number of nitrogens with zero attached hydrogens (tertiary/aromatic N) is 1. The van der Waals surface area contributed by atoms with E-state index in [9.17, 15) is 4.79 Å². The number of nitrogens with one attached hydrogen (secondary N) is 1. The minimum Gasteiger partial charge on any atom is -0.490 e. The van der Waals surface area contributed by atoms with Gasteiger partial charge < -0.3 is 24.4 Å². The lowest BCUT2D eigenvalue weighted by atomic mass is 10.1. The van der Waals surface area contributed by atoms with Gasteiger partial charge in [0.2, 0.25) is 5.75 Å². The first-order valence-electron chi connectivity index (χ1n) is 8.52. The molecule has 0 aliphatic rings. The molecule has 1 N–H and O–H groups in total. The summed E-state index contributed by atoms with van der Waals surface area (Å²) in [5.74, 6) is 1.47. The molecule has 24 heavy (non-hydrogen) atoms. The molecule has 0 saturated heterocycles. The summed E-state index contributed by atoms with van der Waals surface area (Å²) in [6.07, 6.45) is 0.895. The van der Waals surface area contributed by atoms with Gasteiger partial charge in [-0.2, -0.15) is 0 Å². The van der Waals surface area contributed by atoms with Crippen LogP contribution in [0.2, 0.25) is 0 Å². The Balaban J connectivity index is 2.94. The molecular weight excluding hydrogens is 308 g/mol. The van der Waals surface area contributed by atoms with Gasteiger partial charge in [-0.1, -0.05) is 0 Å². The molecule has 0 atom stereocenters. The first-order valence-corrected chi connectivity index (χ1v) is 8.52. The Labute approximate surface area is 145 Å². The highest BCUT2D eigenvalue weighted by Gasteiger charge is 2.18. The first kappa shape index (κ1) is 20.1. The van der Waals surface area contributed by atoms with E-state index in [0.717, 1.165) is 13.0 Å². The summed E-state index contributed by atoms with van der Waals surface area (Å²) in [4.78, 5) is 14.5. The second-order valence-corrected chi connectivity index (χ2v) is 5.51. The average Bonchev–Trinajstić information content (AvgIpc) is 2.54. The molecule has 1 rings (SSSR count). The van der Waals surface area contributed by atoms with Gasteiger partial charge in [0, 0.05) is 12.1 Å². The third-order valence-corrected chi connectivity index (χ3v) is 3.24. The largest absolute Gasteiger partial charge is 0.490 e. The van der Waals surface area contributed by atoms with Crippen molar-refractivity contribution < 1.29 is 19.0 Å². The molecule has 1 aromatic carbocycles. The second-order valence-electron chi connectivity index (χ2n) is 5.51. The molecule has 0 radical (unpaired) electrons. The van der Waals surface area contributed by atoms with Crippen LogP contribution < -0.4 is 19.5 Å². The zero-order valence-corrected chi connectivity index (χ0v) is 15.5. The average molecular weight is 338 g/mol. The fraction of sp³-hybridized carbons (Fsp3) is 0.611. The summed E-state index contributed by atoms with van der Waals surface area (Å²) in [6.45, 7) is 8.70. The quantitative estimate of drug-likeness (QED) is 0.628. The van der Waals surface area contributed by atoms with Crippen LogP contribution in [0.4, 0.5) is 0 Å².